The van der Waals surface area contributed by atoms with E-state index in [1.807, 2.05) is 6.08 Å². The molecule has 0 aliphatic carbocycles. The first-order valence-corrected chi connectivity index (χ1v) is 36.1. The number of hydrogen-bond acceptors (Lipinski definition) is 10. The van der Waals surface area contributed by atoms with E-state index in [-0.39, 0.29) is 13.0 Å². The van der Waals surface area contributed by atoms with Gasteiger partial charge in [-0.2, -0.15) is 0 Å². The van der Waals surface area contributed by atoms with Crippen LogP contribution in [0.2, 0.25) is 0 Å². The average Bonchev–Trinajstić information content (AvgIpc) is 3.54. The molecule has 11 heteroatoms. The molecule has 11 nitrogen and oxygen atoms in total. The Bertz CT molecular complexity index is 1450. The highest BCUT2D eigenvalue weighted by atomic mass is 16.7. The van der Waals surface area contributed by atoms with Crippen LogP contribution in [-0.2, 0) is 23.8 Å². The number of rotatable bonds is 63. The second-order valence-electron chi connectivity index (χ2n) is 25.3. The summed E-state index contributed by atoms with van der Waals surface area (Å²) in [5.41, 5.74) is 0. The molecule has 0 bridgehead atoms. The maximum atomic E-state index is 13.5. The molecule has 1 heterocycles. The number of esters is 1. The second-order valence-corrected chi connectivity index (χ2v) is 25.3. The predicted molar refractivity (Wildman–Crippen MR) is 348 cm³/mol. The monoisotopic (exact) mass is 1180 g/mol. The molecule has 0 aromatic carbocycles. The van der Waals surface area contributed by atoms with Gasteiger partial charge in [-0.25, -0.2) is 0 Å². The summed E-state index contributed by atoms with van der Waals surface area (Å²) < 4.78 is 17.7. The van der Waals surface area contributed by atoms with E-state index in [2.05, 4.69) is 38.2 Å². The first kappa shape index (κ1) is 79.2. The van der Waals surface area contributed by atoms with Crippen LogP contribution in [0, 0.1) is 0 Å². The fourth-order valence-corrected chi connectivity index (χ4v) is 11.7. The number of hydrogen-bond donors (Lipinski definition) is 6. The fraction of sp³-hybridized carbons (Fsp3) is 0.917. The Hall–Kier alpha value is -1.86. The smallest absolute Gasteiger partial charge is 0.306 e. The molecule has 1 saturated heterocycles. The maximum absolute atomic E-state index is 13.5. The maximum Gasteiger partial charge on any atom is 0.306 e. The van der Waals surface area contributed by atoms with E-state index in [1.165, 1.54) is 250 Å². The van der Waals surface area contributed by atoms with Gasteiger partial charge in [0.05, 0.1) is 25.4 Å². The number of allylic oxidation sites excluding steroid dienone is 3. The van der Waals surface area contributed by atoms with E-state index in [4.69, 9.17) is 14.2 Å². The minimum atomic E-state index is -1.61. The van der Waals surface area contributed by atoms with Crippen LogP contribution in [0.15, 0.2) is 24.3 Å². The van der Waals surface area contributed by atoms with Crippen LogP contribution in [0.4, 0.5) is 0 Å². The summed E-state index contributed by atoms with van der Waals surface area (Å²) in [5.74, 6) is -1.18. The van der Waals surface area contributed by atoms with E-state index >= 15 is 0 Å². The van der Waals surface area contributed by atoms with E-state index < -0.39 is 67.4 Å². The van der Waals surface area contributed by atoms with Gasteiger partial charge in [-0.3, -0.25) is 9.59 Å². The molecule has 0 aromatic heterocycles. The van der Waals surface area contributed by atoms with E-state index in [0.29, 0.717) is 19.3 Å². The zero-order valence-corrected chi connectivity index (χ0v) is 54.6. The van der Waals surface area contributed by atoms with Crippen molar-refractivity contribution in [1.82, 2.24) is 5.32 Å². The van der Waals surface area contributed by atoms with Crippen LogP contribution in [0.1, 0.15) is 361 Å². The van der Waals surface area contributed by atoms with Crippen LogP contribution in [0.25, 0.3) is 0 Å². The SMILES string of the molecule is CCCCCCCC/C=C/CCCCCCCCCCC(O)C(=O)NC(COC1OC(CO)C(O)C(O)C1OC(=O)CCCCCCCCCCCCCCCCCCCCCCCCC)C(O)/C=C/CCCCCCCCCCCCC. The Kier molecular flexibility index (Phi) is 57.6. The molecule has 83 heavy (non-hydrogen) atoms. The lowest BCUT2D eigenvalue weighted by molar-refractivity contribution is -0.305. The number of amides is 1. The number of aliphatic hydroxyl groups excluding tert-OH is 5. The lowest BCUT2D eigenvalue weighted by Gasteiger charge is -2.41. The molecule has 0 spiro atoms. The summed E-state index contributed by atoms with van der Waals surface area (Å²) in [7, 11) is 0. The number of nitrogens with one attached hydrogen (secondary N) is 1. The molecule has 0 aromatic rings. The van der Waals surface area contributed by atoms with Crippen molar-refractivity contribution in [3.05, 3.63) is 24.3 Å². The zero-order chi connectivity index (χ0) is 60.3. The van der Waals surface area contributed by atoms with Gasteiger partial charge in [0.1, 0.15) is 24.4 Å². The number of unbranched alkanes of at least 4 members (excludes halogenated alkanes) is 47. The highest BCUT2D eigenvalue weighted by molar-refractivity contribution is 5.80. The summed E-state index contributed by atoms with van der Waals surface area (Å²) in [5, 5.41) is 57.3. The highest BCUT2D eigenvalue weighted by Gasteiger charge is 2.47. The first-order chi connectivity index (χ1) is 40.7. The fourth-order valence-electron chi connectivity index (χ4n) is 11.7. The van der Waals surface area contributed by atoms with E-state index in [1.54, 1.807) is 6.08 Å². The number of ether oxygens (including phenoxy) is 3. The first-order valence-electron chi connectivity index (χ1n) is 36.1. The third kappa shape index (κ3) is 47.8. The third-order valence-electron chi connectivity index (χ3n) is 17.4. The molecular formula is C72H137NO10. The molecule has 6 N–H and O–H groups in total. The van der Waals surface area contributed by atoms with Crippen molar-refractivity contribution in [2.75, 3.05) is 13.2 Å². The predicted octanol–water partition coefficient (Wildman–Crippen LogP) is 18.4. The van der Waals surface area contributed by atoms with Crippen LogP contribution >= 0.6 is 0 Å². The molecule has 1 rings (SSSR count). The molecule has 1 aliphatic heterocycles. The standard InChI is InChI=1S/C72H137NO10/c1-4-7-10-13-16-19-22-25-27-29-31-32-33-34-35-37-39-42-45-48-51-54-57-60-67(77)83-70-69(79)68(78)66(61-74)82-72(70)81-62-63(64(75)58-55-52-49-46-43-40-24-21-18-15-12-9-6-3)73-71(80)65(76)59-56-53-50-47-44-41-38-36-30-28-26-23-20-17-14-11-8-5-2/h26,28,55,58,63-66,68-70,72,74-76,78-79H,4-25,27,29-54,56-57,59-62H2,1-3H3,(H,73,80)/b28-26+,58-55+. The molecule has 0 radical (unpaired) electrons. The summed E-state index contributed by atoms with van der Waals surface area (Å²) in [6.45, 7) is 5.85. The summed E-state index contributed by atoms with van der Waals surface area (Å²) in [6.07, 6.45) is 62.2. The minimum absolute atomic E-state index is 0.130. The lowest BCUT2D eigenvalue weighted by Crippen LogP contribution is -2.61. The van der Waals surface area contributed by atoms with Crippen LogP contribution < -0.4 is 5.32 Å². The molecule has 1 amide bonds. The Morgan fingerprint density at radius 3 is 1.17 bits per heavy atom. The quantitative estimate of drug-likeness (QED) is 0.0195. The van der Waals surface area contributed by atoms with E-state index in [0.717, 1.165) is 64.2 Å². The minimum Gasteiger partial charge on any atom is -0.454 e. The van der Waals surface area contributed by atoms with Gasteiger partial charge in [0, 0.05) is 6.42 Å². The van der Waals surface area contributed by atoms with Gasteiger partial charge < -0.3 is 45.1 Å². The van der Waals surface area contributed by atoms with Crippen molar-refractivity contribution >= 4 is 11.9 Å². The van der Waals surface area contributed by atoms with Crippen LogP contribution in [-0.4, -0.2) is 99.6 Å². The molecule has 0 saturated carbocycles. The van der Waals surface area contributed by atoms with E-state index in [9.17, 15) is 35.1 Å². The van der Waals surface area contributed by atoms with Gasteiger partial charge in [-0.15, -0.1) is 0 Å². The lowest BCUT2D eigenvalue weighted by atomic mass is 9.99. The Balaban J connectivity index is 2.57. The Morgan fingerprint density at radius 2 is 0.795 bits per heavy atom. The number of carbonyl (C=O) groups is 2. The van der Waals surface area contributed by atoms with Crippen molar-refractivity contribution in [3.63, 3.8) is 0 Å². The molecule has 1 fully saturated rings. The van der Waals surface area contributed by atoms with Gasteiger partial charge >= 0.3 is 5.97 Å². The second kappa shape index (κ2) is 60.4. The van der Waals surface area contributed by atoms with Gasteiger partial charge in [0.15, 0.2) is 12.4 Å². The molecule has 8 atom stereocenters. The summed E-state index contributed by atoms with van der Waals surface area (Å²) in [4.78, 5) is 26.7. The van der Waals surface area contributed by atoms with Gasteiger partial charge in [0.2, 0.25) is 5.91 Å². The van der Waals surface area contributed by atoms with Gasteiger partial charge in [0.25, 0.3) is 0 Å². The number of carbonyl (C=O) groups excluding carboxylic acids is 2. The van der Waals surface area contributed by atoms with Crippen molar-refractivity contribution < 1.29 is 49.3 Å². The third-order valence-corrected chi connectivity index (χ3v) is 17.4. The Labute approximate surface area is 511 Å². The molecule has 490 valence electrons. The molecular weight excluding hydrogens is 1040 g/mol. The largest absolute Gasteiger partial charge is 0.454 e. The Morgan fingerprint density at radius 1 is 0.458 bits per heavy atom. The highest BCUT2D eigenvalue weighted by Crippen LogP contribution is 2.26. The normalized spacial score (nSPS) is 18.6. The number of aliphatic hydroxyl groups is 5. The molecule has 8 unspecified atom stereocenters. The summed E-state index contributed by atoms with van der Waals surface area (Å²) >= 11 is 0. The van der Waals surface area contributed by atoms with Crippen molar-refractivity contribution in [3.8, 4) is 0 Å². The van der Waals surface area contributed by atoms with Gasteiger partial charge in [-0.1, -0.05) is 328 Å². The topological polar surface area (TPSA) is 175 Å². The average molecular weight is 1180 g/mol. The summed E-state index contributed by atoms with van der Waals surface area (Å²) in [6, 6.07) is -1.02. The van der Waals surface area contributed by atoms with Crippen LogP contribution in [0.3, 0.4) is 0 Å². The van der Waals surface area contributed by atoms with Gasteiger partial charge in [-0.05, 0) is 51.4 Å². The van der Waals surface area contributed by atoms with Crippen molar-refractivity contribution in [2.24, 2.45) is 0 Å². The van der Waals surface area contributed by atoms with Crippen molar-refractivity contribution in [2.45, 2.75) is 410 Å². The van der Waals surface area contributed by atoms with Crippen LogP contribution in [0.5, 0.6) is 0 Å². The zero-order valence-electron chi connectivity index (χ0n) is 54.6. The molecule has 1 aliphatic rings. The van der Waals surface area contributed by atoms with Crippen molar-refractivity contribution in [1.29, 1.82) is 0 Å².